The van der Waals surface area contributed by atoms with Gasteiger partial charge in [0, 0.05) is 31.8 Å². The fourth-order valence-corrected chi connectivity index (χ4v) is 2.19. The number of rotatable bonds is 4. The van der Waals surface area contributed by atoms with E-state index in [1.165, 1.54) is 6.42 Å². The van der Waals surface area contributed by atoms with E-state index in [-0.39, 0.29) is 0 Å². The van der Waals surface area contributed by atoms with Gasteiger partial charge in [-0.05, 0) is 19.3 Å². The first-order chi connectivity index (χ1) is 7.36. The summed E-state index contributed by atoms with van der Waals surface area (Å²) in [4.78, 5) is 0. The molecule has 0 aliphatic carbocycles. The van der Waals surface area contributed by atoms with Crippen LogP contribution in [0, 0.1) is 5.92 Å². The van der Waals surface area contributed by atoms with Crippen LogP contribution in [-0.2, 0) is 9.47 Å². The van der Waals surface area contributed by atoms with Gasteiger partial charge < -0.3 is 20.1 Å². The van der Waals surface area contributed by atoms with Gasteiger partial charge >= 0.3 is 0 Å². The van der Waals surface area contributed by atoms with Gasteiger partial charge in [-0.3, -0.25) is 0 Å². The lowest BCUT2D eigenvalue weighted by Gasteiger charge is -2.27. The first-order valence-electron chi connectivity index (χ1n) is 5.98. The summed E-state index contributed by atoms with van der Waals surface area (Å²) in [5.74, 6) is 0.689. The van der Waals surface area contributed by atoms with E-state index in [0.29, 0.717) is 18.0 Å². The Bertz CT molecular complexity index is 177. The van der Waals surface area contributed by atoms with Crippen LogP contribution in [0.25, 0.3) is 0 Å². The molecule has 2 aliphatic heterocycles. The third-order valence-corrected chi connectivity index (χ3v) is 3.36. The van der Waals surface area contributed by atoms with Crippen LogP contribution < -0.4 is 10.6 Å². The highest BCUT2D eigenvalue weighted by atomic mass is 16.5. The molecule has 0 aromatic carbocycles. The molecule has 4 nitrogen and oxygen atoms in total. The summed E-state index contributed by atoms with van der Waals surface area (Å²) in [6.07, 6.45) is 1.20. The van der Waals surface area contributed by atoms with Crippen molar-refractivity contribution in [3.8, 4) is 0 Å². The van der Waals surface area contributed by atoms with Crippen LogP contribution in [0.2, 0.25) is 0 Å². The van der Waals surface area contributed by atoms with Gasteiger partial charge in [-0.15, -0.1) is 0 Å². The summed E-state index contributed by atoms with van der Waals surface area (Å²) in [6, 6.07) is 1.03. The molecule has 0 radical (unpaired) electrons. The minimum atomic E-state index is 0.475. The molecule has 2 aliphatic rings. The SMILES string of the molecule is CC(NCC1COCCN1)C1CCOC1. The summed E-state index contributed by atoms with van der Waals surface area (Å²) in [7, 11) is 0. The van der Waals surface area contributed by atoms with Crippen molar-refractivity contribution >= 4 is 0 Å². The minimum Gasteiger partial charge on any atom is -0.381 e. The average molecular weight is 214 g/mol. The first-order valence-corrected chi connectivity index (χ1v) is 5.98. The highest BCUT2D eigenvalue weighted by Crippen LogP contribution is 2.16. The molecule has 3 unspecified atom stereocenters. The molecule has 0 aromatic rings. The van der Waals surface area contributed by atoms with Crippen molar-refractivity contribution in [1.82, 2.24) is 10.6 Å². The van der Waals surface area contributed by atoms with Crippen LogP contribution in [0.1, 0.15) is 13.3 Å². The smallest absolute Gasteiger partial charge is 0.0632 e. The molecule has 0 aromatic heterocycles. The zero-order chi connectivity index (χ0) is 10.5. The quantitative estimate of drug-likeness (QED) is 0.691. The molecule has 2 saturated heterocycles. The number of hydrogen-bond acceptors (Lipinski definition) is 4. The van der Waals surface area contributed by atoms with E-state index in [4.69, 9.17) is 9.47 Å². The first kappa shape index (κ1) is 11.3. The van der Waals surface area contributed by atoms with Gasteiger partial charge in [0.05, 0.1) is 19.8 Å². The molecular formula is C11H22N2O2. The van der Waals surface area contributed by atoms with E-state index in [1.807, 2.05) is 0 Å². The van der Waals surface area contributed by atoms with Crippen LogP contribution in [0.3, 0.4) is 0 Å². The second-order valence-corrected chi connectivity index (χ2v) is 4.55. The second-order valence-electron chi connectivity index (χ2n) is 4.55. The van der Waals surface area contributed by atoms with E-state index in [2.05, 4.69) is 17.6 Å². The van der Waals surface area contributed by atoms with Crippen LogP contribution in [0.5, 0.6) is 0 Å². The minimum absolute atomic E-state index is 0.475. The van der Waals surface area contributed by atoms with Gasteiger partial charge in [0.15, 0.2) is 0 Å². The standard InChI is InChI=1S/C11H22N2O2/c1-9(10-2-4-14-7-10)13-6-11-8-15-5-3-12-11/h9-13H,2-8H2,1H3. The van der Waals surface area contributed by atoms with Crippen LogP contribution >= 0.6 is 0 Å². The lowest BCUT2D eigenvalue weighted by atomic mass is 10.0. The van der Waals surface area contributed by atoms with Crippen molar-refractivity contribution in [3.05, 3.63) is 0 Å². The molecule has 0 saturated carbocycles. The molecule has 2 rings (SSSR count). The van der Waals surface area contributed by atoms with Crippen LogP contribution in [-0.4, -0.2) is 51.6 Å². The normalized spacial score (nSPS) is 34.2. The zero-order valence-electron chi connectivity index (χ0n) is 9.50. The third-order valence-electron chi connectivity index (χ3n) is 3.36. The largest absolute Gasteiger partial charge is 0.381 e. The molecule has 88 valence electrons. The molecule has 3 atom stereocenters. The van der Waals surface area contributed by atoms with Gasteiger partial charge in [-0.1, -0.05) is 0 Å². The Labute approximate surface area is 91.7 Å². The lowest BCUT2D eigenvalue weighted by molar-refractivity contribution is 0.0750. The molecule has 0 amide bonds. The molecule has 2 N–H and O–H groups in total. The number of nitrogens with one attached hydrogen (secondary N) is 2. The number of ether oxygens (including phenoxy) is 2. The van der Waals surface area contributed by atoms with Crippen molar-refractivity contribution < 1.29 is 9.47 Å². The van der Waals surface area contributed by atoms with E-state index in [9.17, 15) is 0 Å². The molecular weight excluding hydrogens is 192 g/mol. The van der Waals surface area contributed by atoms with Crippen molar-refractivity contribution in [2.75, 3.05) is 39.5 Å². The Morgan fingerprint density at radius 3 is 2.87 bits per heavy atom. The third kappa shape index (κ3) is 3.41. The Morgan fingerprint density at radius 2 is 2.20 bits per heavy atom. The predicted octanol–water partition coefficient (Wildman–Crippen LogP) is -0.0106. The molecule has 0 bridgehead atoms. The summed E-state index contributed by atoms with van der Waals surface area (Å²) >= 11 is 0. The van der Waals surface area contributed by atoms with Gasteiger partial charge in [0.25, 0.3) is 0 Å². The maximum atomic E-state index is 5.41. The monoisotopic (exact) mass is 214 g/mol. The van der Waals surface area contributed by atoms with Gasteiger partial charge in [0.2, 0.25) is 0 Å². The van der Waals surface area contributed by atoms with E-state index in [0.717, 1.165) is 39.5 Å². The molecule has 2 fully saturated rings. The van der Waals surface area contributed by atoms with Gasteiger partial charge in [-0.25, -0.2) is 0 Å². The lowest BCUT2D eigenvalue weighted by Crippen LogP contribution is -2.49. The fraction of sp³-hybridized carbons (Fsp3) is 1.00. The van der Waals surface area contributed by atoms with Gasteiger partial charge in [-0.2, -0.15) is 0 Å². The predicted molar refractivity (Wildman–Crippen MR) is 59.0 cm³/mol. The summed E-state index contributed by atoms with van der Waals surface area (Å²) in [6.45, 7) is 7.77. The van der Waals surface area contributed by atoms with E-state index in [1.54, 1.807) is 0 Å². The second kappa shape index (κ2) is 5.80. The molecule has 15 heavy (non-hydrogen) atoms. The average Bonchev–Trinajstić information content (AvgIpc) is 2.81. The number of morpholine rings is 1. The maximum absolute atomic E-state index is 5.41. The van der Waals surface area contributed by atoms with Crippen molar-refractivity contribution in [2.24, 2.45) is 5.92 Å². The Kier molecular flexibility index (Phi) is 4.38. The summed E-state index contributed by atoms with van der Waals surface area (Å²) < 4.78 is 10.8. The van der Waals surface area contributed by atoms with Crippen molar-refractivity contribution in [2.45, 2.75) is 25.4 Å². The van der Waals surface area contributed by atoms with E-state index >= 15 is 0 Å². The molecule has 4 heteroatoms. The zero-order valence-corrected chi connectivity index (χ0v) is 9.50. The van der Waals surface area contributed by atoms with Gasteiger partial charge in [0.1, 0.15) is 0 Å². The maximum Gasteiger partial charge on any atom is 0.0632 e. The Morgan fingerprint density at radius 1 is 1.33 bits per heavy atom. The summed E-state index contributed by atoms with van der Waals surface area (Å²) in [5, 5.41) is 7.02. The molecule has 0 spiro atoms. The van der Waals surface area contributed by atoms with Crippen LogP contribution in [0.15, 0.2) is 0 Å². The Hall–Kier alpha value is -0.160. The van der Waals surface area contributed by atoms with Crippen molar-refractivity contribution in [1.29, 1.82) is 0 Å². The topological polar surface area (TPSA) is 42.5 Å². The van der Waals surface area contributed by atoms with E-state index < -0.39 is 0 Å². The highest BCUT2D eigenvalue weighted by Gasteiger charge is 2.23. The summed E-state index contributed by atoms with van der Waals surface area (Å²) in [5.41, 5.74) is 0. The fourth-order valence-electron chi connectivity index (χ4n) is 2.19. The number of hydrogen-bond donors (Lipinski definition) is 2. The van der Waals surface area contributed by atoms with Crippen molar-refractivity contribution in [3.63, 3.8) is 0 Å². The van der Waals surface area contributed by atoms with Crippen LogP contribution in [0.4, 0.5) is 0 Å². The highest BCUT2D eigenvalue weighted by molar-refractivity contribution is 4.79. The Balaban J connectivity index is 1.63. The molecule has 2 heterocycles.